The molecule has 0 spiro atoms. The van der Waals surface area contributed by atoms with Gasteiger partial charge >= 0.3 is 0 Å². The summed E-state index contributed by atoms with van der Waals surface area (Å²) < 4.78 is 28.1. The topological polar surface area (TPSA) is 43.8 Å². The first kappa shape index (κ1) is 23.6. The quantitative estimate of drug-likeness (QED) is 0.741. The van der Waals surface area contributed by atoms with E-state index in [1.54, 1.807) is 0 Å². The van der Waals surface area contributed by atoms with Crippen molar-refractivity contribution in [2.75, 3.05) is 32.7 Å². The molecular weight excluding hydrogens is 410 g/mol. The summed E-state index contributed by atoms with van der Waals surface area (Å²) >= 11 is 0. The second kappa shape index (κ2) is 9.38. The number of likely N-dealkylation sites (N-methyl/N-ethyl adjacent to an activating group) is 1. The molecule has 0 radical (unpaired) electrons. The third kappa shape index (κ3) is 4.21. The number of benzene rings is 1. The molecule has 2 heterocycles. The van der Waals surface area contributed by atoms with E-state index in [0.717, 1.165) is 25.5 Å². The monoisotopic (exact) mass is 448 g/mol. The van der Waals surface area contributed by atoms with Crippen molar-refractivity contribution in [1.82, 2.24) is 9.80 Å². The highest BCUT2D eigenvalue weighted by molar-refractivity contribution is 5.81. The minimum atomic E-state index is -0.731. The minimum absolute atomic E-state index is 0.00277. The molecule has 1 aromatic rings. The van der Waals surface area contributed by atoms with Gasteiger partial charge < -0.3 is 14.9 Å². The number of carbonyl (C=O) groups is 1. The van der Waals surface area contributed by atoms with E-state index in [1.165, 1.54) is 31.4 Å². The first-order chi connectivity index (χ1) is 15.3. The molecule has 1 N–H and O–H groups in total. The first-order valence-corrected chi connectivity index (χ1v) is 12.4. The van der Waals surface area contributed by atoms with Gasteiger partial charge in [0.25, 0.3) is 0 Å². The molecule has 4 atom stereocenters. The van der Waals surface area contributed by atoms with Crippen molar-refractivity contribution >= 4 is 5.91 Å². The van der Waals surface area contributed by atoms with Crippen LogP contribution in [0.25, 0.3) is 0 Å². The lowest BCUT2D eigenvalue weighted by atomic mass is 9.63. The Kier molecular flexibility index (Phi) is 6.92. The summed E-state index contributed by atoms with van der Waals surface area (Å²) in [6.07, 6.45) is 5.74. The summed E-state index contributed by atoms with van der Waals surface area (Å²) in [7, 11) is 0. The van der Waals surface area contributed by atoms with Gasteiger partial charge in [-0.3, -0.25) is 4.79 Å². The number of rotatable bonds is 4. The largest absolute Gasteiger partial charge is 0.389 e. The van der Waals surface area contributed by atoms with E-state index in [1.807, 2.05) is 11.8 Å². The smallest absolute Gasteiger partial charge is 0.227 e. The highest BCUT2D eigenvalue weighted by Crippen LogP contribution is 2.45. The van der Waals surface area contributed by atoms with Gasteiger partial charge in [-0.2, -0.15) is 0 Å². The summed E-state index contributed by atoms with van der Waals surface area (Å²) in [4.78, 5) is 17.8. The van der Waals surface area contributed by atoms with Gasteiger partial charge in [-0.05, 0) is 36.9 Å². The average molecular weight is 449 g/mol. The molecule has 2 aliphatic heterocycles. The van der Waals surface area contributed by atoms with Crippen molar-refractivity contribution in [3.05, 3.63) is 35.4 Å². The van der Waals surface area contributed by atoms with Crippen LogP contribution >= 0.6 is 0 Å². The molecule has 0 aromatic heterocycles. The summed E-state index contributed by atoms with van der Waals surface area (Å²) in [6, 6.07) is 3.70. The Morgan fingerprint density at radius 3 is 2.31 bits per heavy atom. The second-order valence-electron chi connectivity index (χ2n) is 10.5. The number of amides is 1. The Morgan fingerprint density at radius 2 is 1.72 bits per heavy atom. The van der Waals surface area contributed by atoms with Crippen LogP contribution in [0.15, 0.2) is 18.2 Å². The maximum absolute atomic E-state index is 14.6. The Labute approximate surface area is 191 Å². The van der Waals surface area contributed by atoms with Crippen molar-refractivity contribution in [2.45, 2.75) is 64.4 Å². The third-order valence-corrected chi connectivity index (χ3v) is 8.66. The number of carbonyl (C=O) groups excluding carboxylic acids is 1. The van der Waals surface area contributed by atoms with Gasteiger partial charge in [0.05, 0.1) is 11.5 Å². The van der Waals surface area contributed by atoms with Crippen molar-refractivity contribution in [3.63, 3.8) is 0 Å². The molecule has 1 aromatic carbocycles. The molecule has 3 aliphatic rings. The molecule has 4 rings (SSSR count). The second-order valence-corrected chi connectivity index (χ2v) is 10.5. The lowest BCUT2D eigenvalue weighted by Gasteiger charge is -2.53. The fourth-order valence-corrected chi connectivity index (χ4v) is 6.81. The van der Waals surface area contributed by atoms with Gasteiger partial charge in [0.2, 0.25) is 5.91 Å². The summed E-state index contributed by atoms with van der Waals surface area (Å²) in [5.41, 5.74) is -0.303. The van der Waals surface area contributed by atoms with E-state index in [4.69, 9.17) is 0 Å². The molecular formula is C26H38F2N2O2. The molecule has 4 nitrogen and oxygen atoms in total. The zero-order chi connectivity index (χ0) is 23.0. The molecule has 178 valence electrons. The number of hydrogen-bond acceptors (Lipinski definition) is 3. The van der Waals surface area contributed by atoms with E-state index in [2.05, 4.69) is 18.7 Å². The number of halogens is 2. The van der Waals surface area contributed by atoms with Crippen molar-refractivity contribution < 1.29 is 18.7 Å². The van der Waals surface area contributed by atoms with E-state index in [0.29, 0.717) is 37.7 Å². The number of aliphatic hydroxyl groups is 1. The van der Waals surface area contributed by atoms with Crippen molar-refractivity contribution in [2.24, 2.45) is 23.7 Å². The lowest BCUT2D eigenvalue weighted by Crippen LogP contribution is -2.62. The van der Waals surface area contributed by atoms with Gasteiger partial charge in [0.15, 0.2) is 0 Å². The molecule has 3 fully saturated rings. The maximum atomic E-state index is 14.6. The highest BCUT2D eigenvalue weighted by Gasteiger charge is 2.51. The van der Waals surface area contributed by atoms with Crippen LogP contribution in [0.2, 0.25) is 0 Å². The number of hydrogen-bond donors (Lipinski definition) is 1. The fraction of sp³-hybridized carbons (Fsp3) is 0.731. The van der Waals surface area contributed by atoms with E-state index < -0.39 is 17.2 Å². The van der Waals surface area contributed by atoms with Crippen LogP contribution in [0.3, 0.4) is 0 Å². The zero-order valence-corrected chi connectivity index (χ0v) is 19.7. The van der Waals surface area contributed by atoms with Crippen LogP contribution in [0.5, 0.6) is 0 Å². The van der Waals surface area contributed by atoms with E-state index in [-0.39, 0.29) is 29.6 Å². The van der Waals surface area contributed by atoms with Crippen molar-refractivity contribution in [3.8, 4) is 0 Å². The summed E-state index contributed by atoms with van der Waals surface area (Å²) in [5, 5.41) is 11.7. The normalized spacial score (nSPS) is 34.8. The summed E-state index contributed by atoms with van der Waals surface area (Å²) in [5.74, 6) is -1.45. The predicted molar refractivity (Wildman–Crippen MR) is 121 cm³/mol. The van der Waals surface area contributed by atoms with Crippen LogP contribution in [-0.4, -0.2) is 59.1 Å². The Balaban J connectivity index is 1.53. The van der Waals surface area contributed by atoms with E-state index in [9.17, 15) is 18.7 Å². The number of piperidine rings is 1. The average Bonchev–Trinajstić information content (AvgIpc) is 3.21. The van der Waals surface area contributed by atoms with Gasteiger partial charge in [0, 0.05) is 50.0 Å². The first-order valence-electron chi connectivity index (χ1n) is 12.4. The van der Waals surface area contributed by atoms with E-state index >= 15 is 0 Å². The molecule has 2 unspecified atom stereocenters. The molecule has 1 saturated carbocycles. The van der Waals surface area contributed by atoms with Crippen molar-refractivity contribution in [1.29, 1.82) is 0 Å². The number of nitrogens with zero attached hydrogens (tertiary/aromatic N) is 2. The Morgan fingerprint density at radius 1 is 1.06 bits per heavy atom. The van der Waals surface area contributed by atoms with Crippen LogP contribution in [0.1, 0.15) is 64.4 Å². The van der Waals surface area contributed by atoms with Gasteiger partial charge in [-0.25, -0.2) is 8.78 Å². The maximum Gasteiger partial charge on any atom is 0.227 e. The van der Waals surface area contributed by atoms with Gasteiger partial charge in [-0.15, -0.1) is 0 Å². The van der Waals surface area contributed by atoms with Crippen LogP contribution < -0.4 is 0 Å². The molecule has 1 aliphatic carbocycles. The molecule has 1 amide bonds. The molecule has 0 bridgehead atoms. The fourth-order valence-electron chi connectivity index (χ4n) is 6.81. The third-order valence-electron chi connectivity index (χ3n) is 8.66. The summed E-state index contributed by atoms with van der Waals surface area (Å²) in [6.45, 7) is 9.25. The lowest BCUT2D eigenvalue weighted by molar-refractivity contribution is -0.166. The highest BCUT2D eigenvalue weighted by atomic mass is 19.1. The Hall–Kier alpha value is -1.53. The number of likely N-dealkylation sites (tertiary alicyclic amines) is 2. The predicted octanol–water partition coefficient (Wildman–Crippen LogP) is 4.43. The van der Waals surface area contributed by atoms with Crippen LogP contribution in [0.4, 0.5) is 8.78 Å². The Bertz CT molecular complexity index is 814. The standard InChI is InChI=1S/C26H38F2N2O2/c1-4-29-15-22(21-11-10-20(27)12-24(21)28)23(16-29)25(31)30-13-17(2)26(32,18(3)14-30)19-8-6-5-7-9-19/h10-12,17-19,22-23,32H,4-9,13-16H2,1-3H3/t17?,18?,22-,23+,26?/m0/s1. The zero-order valence-electron chi connectivity index (χ0n) is 19.7. The minimum Gasteiger partial charge on any atom is -0.389 e. The van der Waals surface area contributed by atoms with Crippen LogP contribution in [-0.2, 0) is 4.79 Å². The van der Waals surface area contributed by atoms with Gasteiger partial charge in [-0.1, -0.05) is 46.1 Å². The SMILES string of the molecule is CCN1C[C@@H](C(=O)N2CC(C)C(O)(C3CCCCC3)C(C)C2)[C@H](c2ccc(F)cc2F)C1. The molecule has 6 heteroatoms. The molecule has 2 saturated heterocycles. The molecule has 32 heavy (non-hydrogen) atoms. The van der Waals surface area contributed by atoms with Gasteiger partial charge in [0.1, 0.15) is 11.6 Å². The van der Waals surface area contributed by atoms with Crippen LogP contribution in [0, 0.1) is 35.3 Å².